The summed E-state index contributed by atoms with van der Waals surface area (Å²) in [4.78, 5) is 12.2. The third-order valence-corrected chi connectivity index (χ3v) is 3.52. The van der Waals surface area contributed by atoms with E-state index in [-0.39, 0.29) is 12.5 Å². The number of rotatable bonds is 2. The molecule has 1 saturated heterocycles. The Morgan fingerprint density at radius 2 is 2.21 bits per heavy atom. The summed E-state index contributed by atoms with van der Waals surface area (Å²) in [6.45, 7) is 1.62. The molecular weight excluding hydrogens is 250 g/mol. The van der Waals surface area contributed by atoms with E-state index in [0.717, 1.165) is 0 Å². The summed E-state index contributed by atoms with van der Waals surface area (Å²) in [5.74, 6) is 0.111. The lowest BCUT2D eigenvalue weighted by atomic mass is 10.0. The monoisotopic (exact) mass is 265 g/mol. The number of aliphatic hydroxyl groups excluding tert-OH is 2. The molecule has 2 unspecified atom stereocenters. The van der Waals surface area contributed by atoms with Crippen molar-refractivity contribution in [3.63, 3.8) is 0 Å². The van der Waals surface area contributed by atoms with Crippen molar-refractivity contribution in [2.45, 2.75) is 25.4 Å². The maximum absolute atomic E-state index is 9.98. The number of imidazole rings is 1. The lowest BCUT2D eigenvalue weighted by Gasteiger charge is -2.17. The Kier molecular flexibility index (Phi) is 2.85. The van der Waals surface area contributed by atoms with Gasteiger partial charge in [0.2, 0.25) is 0 Å². The molecular formula is C11H15N5O3. The molecule has 1 aliphatic rings. The number of hydrogen-bond acceptors (Lipinski definition) is 7. The molecule has 0 saturated carbocycles. The van der Waals surface area contributed by atoms with Gasteiger partial charge in [-0.2, -0.15) is 0 Å². The van der Waals surface area contributed by atoms with Crippen LogP contribution >= 0.6 is 0 Å². The summed E-state index contributed by atoms with van der Waals surface area (Å²) < 4.78 is 7.35. The highest BCUT2D eigenvalue weighted by atomic mass is 16.5. The van der Waals surface area contributed by atoms with Crippen LogP contribution in [0.5, 0.6) is 0 Å². The van der Waals surface area contributed by atoms with Crippen molar-refractivity contribution >= 4 is 17.0 Å². The van der Waals surface area contributed by atoms with Crippen LogP contribution in [0, 0.1) is 5.92 Å². The number of nitrogens with zero attached hydrogens (tertiary/aromatic N) is 4. The van der Waals surface area contributed by atoms with Crippen molar-refractivity contribution in [3.05, 3.63) is 12.7 Å². The van der Waals surface area contributed by atoms with Crippen LogP contribution in [0.1, 0.15) is 13.2 Å². The molecule has 2 aromatic rings. The molecule has 1 fully saturated rings. The van der Waals surface area contributed by atoms with Crippen LogP contribution in [-0.4, -0.2) is 48.5 Å². The summed E-state index contributed by atoms with van der Waals surface area (Å²) in [6.07, 6.45) is 1.15. The van der Waals surface area contributed by atoms with Crippen LogP contribution < -0.4 is 5.73 Å². The molecule has 4 N–H and O–H groups in total. The Labute approximate surface area is 108 Å². The first kappa shape index (κ1) is 12.3. The third-order valence-electron chi connectivity index (χ3n) is 3.52. The van der Waals surface area contributed by atoms with E-state index in [1.54, 1.807) is 10.9 Å². The van der Waals surface area contributed by atoms with Crippen LogP contribution in [-0.2, 0) is 4.74 Å². The molecule has 4 atom stereocenters. The number of aliphatic hydroxyl groups is 2. The molecule has 0 bridgehead atoms. The second kappa shape index (κ2) is 4.41. The minimum Gasteiger partial charge on any atom is -0.394 e. The first-order valence-electron chi connectivity index (χ1n) is 6.01. The first-order chi connectivity index (χ1) is 9.13. The van der Waals surface area contributed by atoms with Gasteiger partial charge < -0.3 is 20.7 Å². The van der Waals surface area contributed by atoms with Crippen LogP contribution in [0.15, 0.2) is 12.7 Å². The van der Waals surface area contributed by atoms with Gasteiger partial charge in [0.05, 0.1) is 19.0 Å². The van der Waals surface area contributed by atoms with Crippen LogP contribution in [0.3, 0.4) is 0 Å². The zero-order chi connectivity index (χ0) is 13.6. The summed E-state index contributed by atoms with van der Waals surface area (Å²) in [5.41, 5.74) is 6.78. The van der Waals surface area contributed by atoms with E-state index in [1.807, 2.05) is 6.92 Å². The first-order valence-corrected chi connectivity index (χ1v) is 6.01. The minimum absolute atomic E-state index is 0.189. The summed E-state index contributed by atoms with van der Waals surface area (Å²) in [5, 5.41) is 19.1. The number of hydrogen-bond donors (Lipinski definition) is 3. The normalized spacial score (nSPS) is 31.1. The van der Waals surface area contributed by atoms with Crippen molar-refractivity contribution in [3.8, 4) is 0 Å². The number of nitrogen functional groups attached to an aromatic ring is 1. The van der Waals surface area contributed by atoms with Crippen molar-refractivity contribution < 1.29 is 14.9 Å². The van der Waals surface area contributed by atoms with Gasteiger partial charge in [-0.05, 0) is 0 Å². The maximum Gasteiger partial charge on any atom is 0.167 e. The summed E-state index contributed by atoms with van der Waals surface area (Å²) in [7, 11) is 0. The Hall–Kier alpha value is -1.77. The zero-order valence-electron chi connectivity index (χ0n) is 10.3. The number of nitrogens with two attached hydrogens (primary N) is 1. The molecule has 3 heterocycles. The van der Waals surface area contributed by atoms with E-state index < -0.39 is 18.4 Å². The van der Waals surface area contributed by atoms with Gasteiger partial charge in [-0.15, -0.1) is 0 Å². The second-order valence-corrected chi connectivity index (χ2v) is 4.68. The van der Waals surface area contributed by atoms with Gasteiger partial charge in [-0.3, -0.25) is 4.57 Å². The van der Waals surface area contributed by atoms with Crippen molar-refractivity contribution in [2.24, 2.45) is 5.92 Å². The molecule has 0 aliphatic carbocycles. The fourth-order valence-corrected chi connectivity index (χ4v) is 2.42. The maximum atomic E-state index is 9.98. The molecule has 1 aliphatic heterocycles. The Morgan fingerprint density at radius 1 is 1.42 bits per heavy atom. The largest absolute Gasteiger partial charge is 0.394 e. The fourth-order valence-electron chi connectivity index (χ4n) is 2.42. The van der Waals surface area contributed by atoms with Gasteiger partial charge in [0.25, 0.3) is 0 Å². The smallest absolute Gasteiger partial charge is 0.167 e. The molecule has 8 nitrogen and oxygen atoms in total. The molecule has 8 heteroatoms. The summed E-state index contributed by atoms with van der Waals surface area (Å²) in [6, 6.07) is 0. The Morgan fingerprint density at radius 3 is 2.89 bits per heavy atom. The van der Waals surface area contributed by atoms with E-state index in [0.29, 0.717) is 17.0 Å². The highest BCUT2D eigenvalue weighted by Crippen LogP contribution is 2.35. The topological polar surface area (TPSA) is 119 Å². The lowest BCUT2D eigenvalue weighted by molar-refractivity contribution is -0.0447. The van der Waals surface area contributed by atoms with Gasteiger partial charge in [0, 0.05) is 5.92 Å². The number of ether oxygens (including phenoxy) is 1. The van der Waals surface area contributed by atoms with Crippen LogP contribution in [0.25, 0.3) is 11.2 Å². The fraction of sp³-hybridized carbons (Fsp3) is 0.545. The predicted octanol–water partition coefficient (Wildman–Crippen LogP) is -0.705. The average Bonchev–Trinajstić information content (AvgIpc) is 2.94. The standard InChI is InChI=1S/C11H15N5O3/c1-5-8(18)6(2-17)19-11(5)16-4-15-7-9(12)13-3-14-10(7)16/h3-6,8,11,17-18H,2H2,1H3,(H2,12,13,14)/t5?,6-,8?,11-/m1/s1. The van der Waals surface area contributed by atoms with Gasteiger partial charge >= 0.3 is 0 Å². The third kappa shape index (κ3) is 1.76. The number of fused-ring (bicyclic) bond motifs is 1. The predicted molar refractivity (Wildman–Crippen MR) is 65.9 cm³/mol. The summed E-state index contributed by atoms with van der Waals surface area (Å²) >= 11 is 0. The quantitative estimate of drug-likeness (QED) is 0.656. The number of aromatic nitrogens is 4. The van der Waals surface area contributed by atoms with E-state index >= 15 is 0 Å². The molecule has 0 spiro atoms. The Balaban J connectivity index is 2.04. The van der Waals surface area contributed by atoms with E-state index in [4.69, 9.17) is 10.5 Å². The van der Waals surface area contributed by atoms with Crippen molar-refractivity contribution in [1.82, 2.24) is 19.5 Å². The molecule has 0 aromatic carbocycles. The molecule has 102 valence electrons. The zero-order valence-corrected chi connectivity index (χ0v) is 10.3. The molecule has 0 radical (unpaired) electrons. The van der Waals surface area contributed by atoms with Gasteiger partial charge in [-0.25, -0.2) is 15.0 Å². The Bertz CT molecular complexity index is 601. The average molecular weight is 265 g/mol. The molecule has 0 amide bonds. The van der Waals surface area contributed by atoms with Gasteiger partial charge in [0.15, 0.2) is 11.5 Å². The highest BCUT2D eigenvalue weighted by molar-refractivity contribution is 5.81. The molecule has 19 heavy (non-hydrogen) atoms. The van der Waals surface area contributed by atoms with E-state index in [2.05, 4.69) is 15.0 Å². The second-order valence-electron chi connectivity index (χ2n) is 4.68. The van der Waals surface area contributed by atoms with Crippen molar-refractivity contribution in [1.29, 1.82) is 0 Å². The molecule has 2 aromatic heterocycles. The van der Waals surface area contributed by atoms with Crippen molar-refractivity contribution in [2.75, 3.05) is 12.3 Å². The van der Waals surface area contributed by atoms with Gasteiger partial charge in [0.1, 0.15) is 24.2 Å². The SMILES string of the molecule is CC1C(O)[C@@H](CO)O[C@H]1n1cnc2c(N)ncnc21. The number of anilines is 1. The van der Waals surface area contributed by atoms with Gasteiger partial charge in [-0.1, -0.05) is 6.92 Å². The minimum atomic E-state index is -0.730. The van der Waals surface area contributed by atoms with E-state index in [1.165, 1.54) is 6.33 Å². The van der Waals surface area contributed by atoms with Crippen LogP contribution in [0.4, 0.5) is 5.82 Å². The lowest BCUT2D eigenvalue weighted by Crippen LogP contribution is -2.28. The highest BCUT2D eigenvalue weighted by Gasteiger charge is 2.42. The van der Waals surface area contributed by atoms with E-state index in [9.17, 15) is 10.2 Å². The van der Waals surface area contributed by atoms with Crippen LogP contribution in [0.2, 0.25) is 0 Å². The molecule has 3 rings (SSSR count).